The van der Waals surface area contributed by atoms with Crippen molar-refractivity contribution >= 4 is 15.9 Å². The van der Waals surface area contributed by atoms with Crippen LogP contribution in [-0.4, -0.2) is 13.2 Å². The second kappa shape index (κ2) is 4.43. The predicted octanol–water partition coefficient (Wildman–Crippen LogP) is 3.66. The molecular weight excluding hydrogens is 275 g/mol. The van der Waals surface area contributed by atoms with Crippen molar-refractivity contribution in [3.63, 3.8) is 0 Å². The van der Waals surface area contributed by atoms with Crippen molar-refractivity contribution in [1.82, 2.24) is 0 Å². The summed E-state index contributed by atoms with van der Waals surface area (Å²) < 4.78 is 24.9. The lowest BCUT2D eigenvalue weighted by atomic mass is 9.95. The lowest BCUT2D eigenvalue weighted by molar-refractivity contribution is -0.226. The average Bonchev–Trinajstić information content (AvgIpc) is 2.19. The third kappa shape index (κ3) is 2.62. The summed E-state index contributed by atoms with van der Waals surface area (Å²) in [4.78, 5) is 0. The molecule has 0 bridgehead atoms. The Morgan fingerprint density at radius 3 is 2.50 bits per heavy atom. The molecule has 16 heavy (non-hydrogen) atoms. The second-order valence-electron chi connectivity index (χ2n) is 4.78. The van der Waals surface area contributed by atoms with Crippen molar-refractivity contribution in [2.45, 2.75) is 20.1 Å². The topological polar surface area (TPSA) is 18.5 Å². The molecule has 4 heteroatoms. The fraction of sp³-hybridized carbons (Fsp3) is 0.500. The zero-order valence-electron chi connectivity index (χ0n) is 9.30. The van der Waals surface area contributed by atoms with Gasteiger partial charge < -0.3 is 9.47 Å². The van der Waals surface area contributed by atoms with Gasteiger partial charge in [-0.05, 0) is 18.2 Å². The van der Waals surface area contributed by atoms with Crippen LogP contribution in [0.1, 0.15) is 25.7 Å². The van der Waals surface area contributed by atoms with Gasteiger partial charge in [-0.2, -0.15) is 0 Å². The number of halogens is 2. The molecule has 0 radical (unpaired) electrons. The molecule has 0 amide bonds. The van der Waals surface area contributed by atoms with Gasteiger partial charge in [0.05, 0.1) is 13.2 Å². The van der Waals surface area contributed by atoms with E-state index in [9.17, 15) is 4.39 Å². The van der Waals surface area contributed by atoms with Gasteiger partial charge in [-0.1, -0.05) is 29.8 Å². The normalized spacial score (nSPS) is 21.0. The van der Waals surface area contributed by atoms with Crippen molar-refractivity contribution in [1.29, 1.82) is 0 Å². The third-order valence-corrected chi connectivity index (χ3v) is 3.15. The SMILES string of the molecule is CC1(C)COC(c2ccc(F)cc2Br)OC1. The number of ether oxygens (including phenoxy) is 2. The molecule has 2 rings (SSSR count). The van der Waals surface area contributed by atoms with E-state index >= 15 is 0 Å². The molecule has 0 unspecified atom stereocenters. The molecule has 1 aliphatic heterocycles. The van der Waals surface area contributed by atoms with Crippen LogP contribution in [-0.2, 0) is 9.47 Å². The molecule has 1 heterocycles. The summed E-state index contributed by atoms with van der Waals surface area (Å²) in [6.07, 6.45) is -0.400. The molecule has 2 nitrogen and oxygen atoms in total. The molecule has 0 aromatic heterocycles. The van der Waals surface area contributed by atoms with Gasteiger partial charge in [-0.3, -0.25) is 0 Å². The summed E-state index contributed by atoms with van der Waals surface area (Å²) in [6.45, 7) is 5.45. The minimum atomic E-state index is -0.400. The molecule has 0 atom stereocenters. The third-order valence-electron chi connectivity index (χ3n) is 2.47. The molecule has 1 fully saturated rings. The number of hydrogen-bond acceptors (Lipinski definition) is 2. The van der Waals surface area contributed by atoms with E-state index < -0.39 is 6.29 Å². The van der Waals surface area contributed by atoms with Gasteiger partial charge in [0.2, 0.25) is 0 Å². The van der Waals surface area contributed by atoms with Crippen LogP contribution in [0.25, 0.3) is 0 Å². The molecular formula is C12H14BrFO2. The van der Waals surface area contributed by atoms with E-state index in [4.69, 9.17) is 9.47 Å². The standard InChI is InChI=1S/C12H14BrFO2/c1-12(2)6-15-11(16-7-12)9-4-3-8(14)5-10(9)13/h3-5,11H,6-7H2,1-2H3. The van der Waals surface area contributed by atoms with Crippen molar-refractivity contribution in [3.05, 3.63) is 34.1 Å². The Labute approximate surface area is 103 Å². The van der Waals surface area contributed by atoms with E-state index in [2.05, 4.69) is 29.8 Å². The van der Waals surface area contributed by atoms with Crippen LogP contribution in [0.4, 0.5) is 4.39 Å². The summed E-state index contributed by atoms with van der Waals surface area (Å²) in [6, 6.07) is 4.51. The summed E-state index contributed by atoms with van der Waals surface area (Å²) in [7, 11) is 0. The lowest BCUT2D eigenvalue weighted by Gasteiger charge is -2.35. The molecule has 1 aromatic carbocycles. The maximum Gasteiger partial charge on any atom is 0.184 e. The van der Waals surface area contributed by atoms with Crippen LogP contribution in [0.3, 0.4) is 0 Å². The number of hydrogen-bond donors (Lipinski definition) is 0. The highest BCUT2D eigenvalue weighted by atomic mass is 79.9. The maximum atomic E-state index is 12.9. The first-order valence-corrected chi connectivity index (χ1v) is 5.95. The minimum Gasteiger partial charge on any atom is -0.348 e. The molecule has 0 N–H and O–H groups in total. The highest BCUT2D eigenvalue weighted by Crippen LogP contribution is 2.34. The fourth-order valence-corrected chi connectivity index (χ4v) is 2.10. The van der Waals surface area contributed by atoms with Gasteiger partial charge in [-0.25, -0.2) is 4.39 Å². The smallest absolute Gasteiger partial charge is 0.184 e. The summed E-state index contributed by atoms with van der Waals surface area (Å²) in [5.74, 6) is -0.272. The molecule has 0 spiro atoms. The predicted molar refractivity (Wildman–Crippen MR) is 62.5 cm³/mol. The van der Waals surface area contributed by atoms with Crippen molar-refractivity contribution in [2.75, 3.05) is 13.2 Å². The summed E-state index contributed by atoms with van der Waals surface area (Å²) in [5, 5.41) is 0. The highest BCUT2D eigenvalue weighted by Gasteiger charge is 2.30. The van der Waals surface area contributed by atoms with E-state index in [0.717, 1.165) is 5.56 Å². The van der Waals surface area contributed by atoms with Gasteiger partial charge in [0.15, 0.2) is 6.29 Å². The molecule has 1 aromatic rings. The Balaban J connectivity index is 2.14. The zero-order chi connectivity index (χ0) is 11.8. The van der Waals surface area contributed by atoms with Crippen molar-refractivity contribution < 1.29 is 13.9 Å². The fourth-order valence-electron chi connectivity index (χ4n) is 1.56. The Hall–Kier alpha value is -0.450. The van der Waals surface area contributed by atoms with Crippen LogP contribution in [0, 0.1) is 11.2 Å². The Morgan fingerprint density at radius 2 is 1.94 bits per heavy atom. The summed E-state index contributed by atoms with van der Waals surface area (Å²) >= 11 is 3.31. The largest absolute Gasteiger partial charge is 0.348 e. The maximum absolute atomic E-state index is 12.9. The van der Waals surface area contributed by atoms with Gasteiger partial charge in [0.25, 0.3) is 0 Å². The molecule has 0 saturated carbocycles. The van der Waals surface area contributed by atoms with Crippen LogP contribution >= 0.6 is 15.9 Å². The summed E-state index contributed by atoms with van der Waals surface area (Å²) in [5.41, 5.74) is 0.875. The Bertz CT molecular complexity index is 383. The quantitative estimate of drug-likeness (QED) is 0.785. The first kappa shape index (κ1) is 12.0. The molecule has 0 aliphatic carbocycles. The monoisotopic (exact) mass is 288 g/mol. The van der Waals surface area contributed by atoms with E-state index in [1.807, 2.05) is 0 Å². The van der Waals surface area contributed by atoms with Crippen LogP contribution in [0.15, 0.2) is 22.7 Å². The van der Waals surface area contributed by atoms with Gasteiger partial charge in [0, 0.05) is 15.5 Å². The molecule has 1 saturated heterocycles. The first-order chi connectivity index (χ1) is 7.48. The number of benzene rings is 1. The first-order valence-electron chi connectivity index (χ1n) is 5.16. The van der Waals surface area contributed by atoms with Crippen molar-refractivity contribution in [3.8, 4) is 0 Å². The van der Waals surface area contributed by atoms with E-state index in [0.29, 0.717) is 17.7 Å². The van der Waals surface area contributed by atoms with Crippen LogP contribution in [0.2, 0.25) is 0 Å². The Kier molecular flexibility index (Phi) is 3.33. The van der Waals surface area contributed by atoms with Gasteiger partial charge in [-0.15, -0.1) is 0 Å². The lowest BCUT2D eigenvalue weighted by Crippen LogP contribution is -2.33. The minimum absolute atomic E-state index is 0.0446. The van der Waals surface area contributed by atoms with E-state index in [1.54, 1.807) is 6.07 Å². The van der Waals surface area contributed by atoms with Crippen molar-refractivity contribution in [2.24, 2.45) is 5.41 Å². The van der Waals surface area contributed by atoms with E-state index in [1.165, 1.54) is 12.1 Å². The van der Waals surface area contributed by atoms with Crippen LogP contribution in [0.5, 0.6) is 0 Å². The zero-order valence-corrected chi connectivity index (χ0v) is 10.9. The molecule has 1 aliphatic rings. The average molecular weight is 289 g/mol. The van der Waals surface area contributed by atoms with E-state index in [-0.39, 0.29) is 11.2 Å². The van der Waals surface area contributed by atoms with Crippen LogP contribution < -0.4 is 0 Å². The van der Waals surface area contributed by atoms with Gasteiger partial charge >= 0.3 is 0 Å². The Morgan fingerprint density at radius 1 is 1.31 bits per heavy atom. The highest BCUT2D eigenvalue weighted by molar-refractivity contribution is 9.10. The number of rotatable bonds is 1. The molecule has 88 valence electrons. The van der Waals surface area contributed by atoms with Gasteiger partial charge in [0.1, 0.15) is 5.82 Å². The second-order valence-corrected chi connectivity index (χ2v) is 5.64.